The number of aliphatic carboxylic acids is 1. The minimum absolute atomic E-state index is 0.0319. The molecule has 0 bridgehead atoms. The Labute approximate surface area is 110 Å². The molecule has 0 aliphatic carbocycles. The Kier molecular flexibility index (Phi) is 4.36. The maximum absolute atomic E-state index is 12.1. The van der Waals surface area contributed by atoms with Gasteiger partial charge in [0.05, 0.1) is 5.92 Å². The summed E-state index contributed by atoms with van der Waals surface area (Å²) in [7, 11) is 0. The van der Waals surface area contributed by atoms with Crippen LogP contribution < -0.4 is 0 Å². The largest absolute Gasteiger partial charge is 0.481 e. The quantitative estimate of drug-likeness (QED) is 0.910. The van der Waals surface area contributed by atoms with E-state index in [0.29, 0.717) is 0 Å². The first-order valence-corrected chi connectivity index (χ1v) is 7.10. The lowest BCUT2D eigenvalue weighted by atomic mass is 10.0. The molecule has 5 heteroatoms. The van der Waals surface area contributed by atoms with Gasteiger partial charge in [0.1, 0.15) is 0 Å². The summed E-state index contributed by atoms with van der Waals surface area (Å²) in [5, 5.41) is 11.1. The average Bonchev–Trinajstić information content (AvgIpc) is 2.90. The van der Waals surface area contributed by atoms with Gasteiger partial charge in [0, 0.05) is 24.4 Å². The molecule has 1 aromatic rings. The second kappa shape index (κ2) is 6.00. The zero-order valence-electron chi connectivity index (χ0n) is 10.2. The summed E-state index contributed by atoms with van der Waals surface area (Å²) < 4.78 is 0. The Morgan fingerprint density at radius 2 is 2.06 bits per heavy atom. The Hall–Kier alpha value is -1.36. The first-order valence-electron chi connectivity index (χ1n) is 6.22. The van der Waals surface area contributed by atoms with Crippen molar-refractivity contribution in [1.29, 1.82) is 0 Å². The number of hydrogen-bond acceptors (Lipinski definition) is 3. The molecule has 1 aromatic heterocycles. The molecule has 1 fully saturated rings. The van der Waals surface area contributed by atoms with Gasteiger partial charge >= 0.3 is 5.97 Å². The Morgan fingerprint density at radius 1 is 1.33 bits per heavy atom. The monoisotopic (exact) mass is 267 g/mol. The van der Waals surface area contributed by atoms with Gasteiger partial charge in [0.2, 0.25) is 5.91 Å². The predicted molar refractivity (Wildman–Crippen MR) is 69.7 cm³/mol. The van der Waals surface area contributed by atoms with E-state index >= 15 is 0 Å². The number of nitrogens with zero attached hydrogens (tertiary/aromatic N) is 1. The van der Waals surface area contributed by atoms with Gasteiger partial charge in [-0.05, 0) is 30.7 Å². The highest BCUT2D eigenvalue weighted by Crippen LogP contribution is 2.26. The van der Waals surface area contributed by atoms with Gasteiger partial charge in [-0.1, -0.05) is 6.07 Å². The van der Waals surface area contributed by atoms with Crippen molar-refractivity contribution in [1.82, 2.24) is 4.90 Å². The molecular weight excluding hydrogens is 250 g/mol. The number of amides is 1. The minimum atomic E-state index is -0.914. The molecule has 0 radical (unpaired) electrons. The van der Waals surface area contributed by atoms with Crippen LogP contribution in [0.1, 0.15) is 36.5 Å². The van der Waals surface area contributed by atoms with Crippen molar-refractivity contribution in [2.24, 2.45) is 0 Å². The zero-order valence-corrected chi connectivity index (χ0v) is 11.0. The molecule has 1 aliphatic heterocycles. The number of thiophene rings is 1. The second-order valence-corrected chi connectivity index (χ2v) is 5.53. The SMILES string of the molecule is O=C(O)C(CC(=O)N1CCCCC1)c1cccs1. The van der Waals surface area contributed by atoms with Crippen molar-refractivity contribution in [3.8, 4) is 0 Å². The summed E-state index contributed by atoms with van der Waals surface area (Å²) in [5.41, 5.74) is 0. The lowest BCUT2D eigenvalue weighted by Gasteiger charge is -2.27. The Morgan fingerprint density at radius 3 is 2.61 bits per heavy atom. The molecule has 0 saturated carbocycles. The van der Waals surface area contributed by atoms with Gasteiger partial charge in [-0.15, -0.1) is 11.3 Å². The molecule has 1 N–H and O–H groups in total. The molecule has 18 heavy (non-hydrogen) atoms. The summed E-state index contributed by atoms with van der Waals surface area (Å²) in [6, 6.07) is 3.61. The summed E-state index contributed by atoms with van der Waals surface area (Å²) in [4.78, 5) is 25.9. The standard InChI is InChI=1S/C13H17NO3S/c15-12(14-6-2-1-3-7-14)9-10(13(16)17)11-5-4-8-18-11/h4-5,8,10H,1-3,6-7,9H2,(H,16,17). The van der Waals surface area contributed by atoms with E-state index in [-0.39, 0.29) is 12.3 Å². The molecule has 1 amide bonds. The number of carbonyl (C=O) groups is 2. The Balaban J connectivity index is 2.00. The van der Waals surface area contributed by atoms with Crippen LogP contribution in [0.5, 0.6) is 0 Å². The van der Waals surface area contributed by atoms with Crippen LogP contribution in [0.2, 0.25) is 0 Å². The van der Waals surface area contributed by atoms with Gasteiger partial charge in [-0.25, -0.2) is 0 Å². The highest BCUT2D eigenvalue weighted by Gasteiger charge is 2.27. The molecule has 4 nitrogen and oxygen atoms in total. The van der Waals surface area contributed by atoms with Crippen molar-refractivity contribution in [2.45, 2.75) is 31.6 Å². The number of carbonyl (C=O) groups excluding carboxylic acids is 1. The van der Waals surface area contributed by atoms with Crippen molar-refractivity contribution in [3.05, 3.63) is 22.4 Å². The number of likely N-dealkylation sites (tertiary alicyclic amines) is 1. The van der Waals surface area contributed by atoms with E-state index in [1.807, 2.05) is 11.4 Å². The third-order valence-electron chi connectivity index (χ3n) is 3.27. The van der Waals surface area contributed by atoms with E-state index in [2.05, 4.69) is 0 Å². The fraction of sp³-hybridized carbons (Fsp3) is 0.538. The average molecular weight is 267 g/mol. The van der Waals surface area contributed by atoms with Gasteiger partial charge in [0.25, 0.3) is 0 Å². The number of hydrogen-bond donors (Lipinski definition) is 1. The number of carboxylic acid groups (broad SMARTS) is 1. The highest BCUT2D eigenvalue weighted by atomic mass is 32.1. The lowest BCUT2D eigenvalue weighted by molar-refractivity contribution is -0.143. The van der Waals surface area contributed by atoms with Crippen LogP contribution in [0.25, 0.3) is 0 Å². The highest BCUT2D eigenvalue weighted by molar-refractivity contribution is 7.10. The van der Waals surface area contributed by atoms with Crippen LogP contribution in [0.4, 0.5) is 0 Å². The molecule has 1 unspecified atom stereocenters. The minimum Gasteiger partial charge on any atom is -0.481 e. The van der Waals surface area contributed by atoms with Crippen LogP contribution >= 0.6 is 11.3 Å². The summed E-state index contributed by atoms with van der Waals surface area (Å²) in [5.74, 6) is -1.64. The molecule has 0 aromatic carbocycles. The van der Waals surface area contributed by atoms with E-state index in [1.165, 1.54) is 11.3 Å². The maximum atomic E-state index is 12.1. The summed E-state index contributed by atoms with van der Waals surface area (Å²) in [6.07, 6.45) is 3.30. The molecule has 98 valence electrons. The third-order valence-corrected chi connectivity index (χ3v) is 4.26. The van der Waals surface area contributed by atoms with Crippen molar-refractivity contribution >= 4 is 23.2 Å². The van der Waals surface area contributed by atoms with E-state index < -0.39 is 11.9 Å². The van der Waals surface area contributed by atoms with Crippen LogP contribution in [-0.4, -0.2) is 35.0 Å². The van der Waals surface area contributed by atoms with Gasteiger partial charge in [0.15, 0.2) is 0 Å². The van der Waals surface area contributed by atoms with E-state index in [4.69, 9.17) is 0 Å². The normalized spacial score (nSPS) is 17.4. The summed E-state index contributed by atoms with van der Waals surface area (Å²) in [6.45, 7) is 1.55. The molecule has 1 aliphatic rings. The van der Waals surface area contributed by atoms with Crippen LogP contribution in [0.3, 0.4) is 0 Å². The van der Waals surface area contributed by atoms with Crippen LogP contribution in [0.15, 0.2) is 17.5 Å². The van der Waals surface area contributed by atoms with Crippen LogP contribution in [-0.2, 0) is 9.59 Å². The first kappa shape index (κ1) is 13.1. The van der Waals surface area contributed by atoms with Crippen molar-refractivity contribution < 1.29 is 14.7 Å². The lowest BCUT2D eigenvalue weighted by Crippen LogP contribution is -2.37. The molecule has 1 saturated heterocycles. The predicted octanol–water partition coefficient (Wildman–Crippen LogP) is 2.32. The van der Waals surface area contributed by atoms with Crippen molar-refractivity contribution in [2.75, 3.05) is 13.1 Å². The molecule has 2 rings (SSSR count). The van der Waals surface area contributed by atoms with E-state index in [0.717, 1.165) is 37.2 Å². The van der Waals surface area contributed by atoms with Gasteiger partial charge < -0.3 is 10.0 Å². The van der Waals surface area contributed by atoms with Gasteiger partial charge in [-0.3, -0.25) is 9.59 Å². The Bertz CT molecular complexity index is 410. The summed E-state index contributed by atoms with van der Waals surface area (Å²) >= 11 is 1.40. The number of carboxylic acids is 1. The smallest absolute Gasteiger partial charge is 0.312 e. The number of rotatable bonds is 4. The molecule has 1 atom stereocenters. The zero-order chi connectivity index (χ0) is 13.0. The topological polar surface area (TPSA) is 57.6 Å². The second-order valence-electron chi connectivity index (χ2n) is 4.55. The van der Waals surface area contributed by atoms with E-state index in [1.54, 1.807) is 11.0 Å². The molecular formula is C13H17NO3S. The van der Waals surface area contributed by atoms with Crippen LogP contribution in [0, 0.1) is 0 Å². The number of piperidine rings is 1. The fourth-order valence-electron chi connectivity index (χ4n) is 2.25. The molecule has 2 heterocycles. The fourth-order valence-corrected chi connectivity index (χ4v) is 3.07. The van der Waals surface area contributed by atoms with Crippen molar-refractivity contribution in [3.63, 3.8) is 0 Å². The first-order chi connectivity index (χ1) is 8.68. The van der Waals surface area contributed by atoms with E-state index in [9.17, 15) is 14.7 Å². The molecule has 0 spiro atoms. The van der Waals surface area contributed by atoms with Gasteiger partial charge in [-0.2, -0.15) is 0 Å². The maximum Gasteiger partial charge on any atom is 0.312 e. The third kappa shape index (κ3) is 3.10.